The van der Waals surface area contributed by atoms with Gasteiger partial charge in [0.05, 0.1) is 6.54 Å². The fraction of sp³-hybridized carbons (Fsp3) is 0.200. The molecule has 0 fully saturated rings. The minimum absolute atomic E-state index is 0.613. The summed E-state index contributed by atoms with van der Waals surface area (Å²) in [5.41, 5.74) is 1.08. The molecule has 0 radical (unpaired) electrons. The van der Waals surface area contributed by atoms with Crippen molar-refractivity contribution in [1.29, 1.82) is 0 Å². The van der Waals surface area contributed by atoms with Crippen LogP contribution in [0.1, 0.15) is 0 Å². The highest BCUT2D eigenvalue weighted by Gasteiger charge is 1.96. The Morgan fingerprint density at radius 2 is 2.00 bits per heavy atom. The second-order valence-corrected chi connectivity index (χ2v) is 2.97. The van der Waals surface area contributed by atoms with Crippen LogP contribution in [0.3, 0.4) is 0 Å². The maximum absolute atomic E-state index is 5.73. The molecule has 0 aliphatic rings. The SMILES string of the molecule is C#CCN(C)c1ccc(Cl)cc1. The molecular formula is C10H10ClN. The van der Waals surface area contributed by atoms with Gasteiger partial charge in [-0.1, -0.05) is 17.5 Å². The van der Waals surface area contributed by atoms with Crippen LogP contribution in [0.15, 0.2) is 24.3 Å². The summed E-state index contributed by atoms with van der Waals surface area (Å²) in [6.07, 6.45) is 5.18. The van der Waals surface area contributed by atoms with Crippen molar-refractivity contribution in [3.8, 4) is 12.3 Å². The van der Waals surface area contributed by atoms with E-state index in [0.717, 1.165) is 10.7 Å². The average Bonchev–Trinajstić information content (AvgIpc) is 2.06. The van der Waals surface area contributed by atoms with Crippen LogP contribution in [0.25, 0.3) is 0 Å². The highest BCUT2D eigenvalue weighted by atomic mass is 35.5. The predicted molar refractivity (Wildman–Crippen MR) is 53.6 cm³/mol. The highest BCUT2D eigenvalue weighted by Crippen LogP contribution is 2.15. The zero-order chi connectivity index (χ0) is 8.97. The van der Waals surface area contributed by atoms with E-state index in [-0.39, 0.29) is 0 Å². The Kier molecular flexibility index (Phi) is 3.01. The Morgan fingerprint density at radius 1 is 1.42 bits per heavy atom. The zero-order valence-corrected chi connectivity index (χ0v) is 7.67. The molecule has 0 unspecified atom stereocenters. The lowest BCUT2D eigenvalue weighted by Crippen LogP contribution is -2.16. The predicted octanol–water partition coefficient (Wildman–Crippen LogP) is 2.41. The first-order valence-electron chi connectivity index (χ1n) is 3.64. The topological polar surface area (TPSA) is 3.24 Å². The summed E-state index contributed by atoms with van der Waals surface area (Å²) >= 11 is 5.73. The van der Waals surface area contributed by atoms with Crippen molar-refractivity contribution >= 4 is 17.3 Å². The lowest BCUT2D eigenvalue weighted by molar-refractivity contribution is 1.05. The third-order valence-corrected chi connectivity index (χ3v) is 1.85. The molecule has 0 atom stereocenters. The number of benzene rings is 1. The Morgan fingerprint density at radius 3 is 2.50 bits per heavy atom. The maximum Gasteiger partial charge on any atom is 0.0788 e. The molecular weight excluding hydrogens is 170 g/mol. The molecule has 1 aromatic rings. The first-order chi connectivity index (χ1) is 5.74. The summed E-state index contributed by atoms with van der Waals surface area (Å²) in [7, 11) is 1.95. The standard InChI is InChI=1S/C10H10ClN/c1-3-8-12(2)10-6-4-9(11)5-7-10/h1,4-7H,8H2,2H3. The van der Waals surface area contributed by atoms with Crippen LogP contribution in [0, 0.1) is 12.3 Å². The number of rotatable bonds is 2. The van der Waals surface area contributed by atoms with Gasteiger partial charge in [0.25, 0.3) is 0 Å². The van der Waals surface area contributed by atoms with Crippen molar-refractivity contribution in [2.75, 3.05) is 18.5 Å². The quantitative estimate of drug-likeness (QED) is 0.631. The first kappa shape index (κ1) is 8.96. The van der Waals surface area contributed by atoms with Gasteiger partial charge in [0, 0.05) is 17.8 Å². The molecule has 0 aliphatic heterocycles. The molecule has 0 spiro atoms. The van der Waals surface area contributed by atoms with Crippen molar-refractivity contribution in [3.63, 3.8) is 0 Å². The number of hydrogen-bond acceptors (Lipinski definition) is 1. The summed E-state index contributed by atoms with van der Waals surface area (Å²) in [5.74, 6) is 2.57. The third kappa shape index (κ3) is 2.18. The van der Waals surface area contributed by atoms with Gasteiger partial charge in [0.1, 0.15) is 0 Å². The van der Waals surface area contributed by atoms with Gasteiger partial charge in [-0.2, -0.15) is 0 Å². The summed E-state index contributed by atoms with van der Waals surface area (Å²) in [6, 6.07) is 7.59. The van der Waals surface area contributed by atoms with Crippen LogP contribution in [0.2, 0.25) is 5.02 Å². The minimum Gasteiger partial charge on any atom is -0.363 e. The highest BCUT2D eigenvalue weighted by molar-refractivity contribution is 6.30. The molecule has 0 bridgehead atoms. The normalized spacial score (nSPS) is 9.08. The van der Waals surface area contributed by atoms with Crippen molar-refractivity contribution < 1.29 is 0 Å². The van der Waals surface area contributed by atoms with E-state index in [0.29, 0.717) is 6.54 Å². The van der Waals surface area contributed by atoms with E-state index in [1.165, 1.54) is 0 Å². The van der Waals surface area contributed by atoms with E-state index < -0.39 is 0 Å². The fourth-order valence-corrected chi connectivity index (χ4v) is 1.05. The van der Waals surface area contributed by atoms with Crippen LogP contribution < -0.4 is 4.90 Å². The van der Waals surface area contributed by atoms with E-state index in [2.05, 4.69) is 5.92 Å². The molecule has 0 aliphatic carbocycles. The van der Waals surface area contributed by atoms with Gasteiger partial charge in [-0.25, -0.2) is 0 Å². The molecule has 12 heavy (non-hydrogen) atoms. The van der Waals surface area contributed by atoms with Crippen LogP contribution >= 0.6 is 11.6 Å². The molecule has 62 valence electrons. The average molecular weight is 180 g/mol. The second-order valence-electron chi connectivity index (χ2n) is 2.54. The van der Waals surface area contributed by atoms with Crippen molar-refractivity contribution in [2.24, 2.45) is 0 Å². The van der Waals surface area contributed by atoms with Gasteiger partial charge < -0.3 is 4.90 Å². The number of anilines is 1. The Balaban J connectivity index is 2.76. The van der Waals surface area contributed by atoms with Crippen LogP contribution in [0.4, 0.5) is 5.69 Å². The van der Waals surface area contributed by atoms with E-state index in [1.807, 2.05) is 36.2 Å². The van der Waals surface area contributed by atoms with Gasteiger partial charge in [-0.15, -0.1) is 6.42 Å². The molecule has 1 nitrogen and oxygen atoms in total. The molecule has 1 rings (SSSR count). The van der Waals surface area contributed by atoms with Gasteiger partial charge in [-0.05, 0) is 24.3 Å². The number of halogens is 1. The van der Waals surface area contributed by atoms with Crippen molar-refractivity contribution in [2.45, 2.75) is 0 Å². The summed E-state index contributed by atoms with van der Waals surface area (Å²) < 4.78 is 0. The van der Waals surface area contributed by atoms with Crippen molar-refractivity contribution in [3.05, 3.63) is 29.3 Å². The van der Waals surface area contributed by atoms with Gasteiger partial charge >= 0.3 is 0 Å². The van der Waals surface area contributed by atoms with Gasteiger partial charge in [0.2, 0.25) is 0 Å². The Bertz CT molecular complexity index is 284. The van der Waals surface area contributed by atoms with E-state index in [1.54, 1.807) is 0 Å². The lowest BCUT2D eigenvalue weighted by Gasteiger charge is -2.15. The smallest absolute Gasteiger partial charge is 0.0788 e. The van der Waals surface area contributed by atoms with E-state index >= 15 is 0 Å². The Labute approximate surface area is 78.0 Å². The van der Waals surface area contributed by atoms with Gasteiger partial charge in [-0.3, -0.25) is 0 Å². The number of nitrogens with zero attached hydrogens (tertiary/aromatic N) is 1. The largest absolute Gasteiger partial charge is 0.363 e. The first-order valence-corrected chi connectivity index (χ1v) is 4.02. The molecule has 0 saturated carbocycles. The third-order valence-electron chi connectivity index (χ3n) is 1.60. The molecule has 0 aromatic heterocycles. The Hall–Kier alpha value is -1.13. The second kappa shape index (κ2) is 4.04. The van der Waals surface area contributed by atoms with Crippen LogP contribution in [-0.4, -0.2) is 13.6 Å². The van der Waals surface area contributed by atoms with Crippen molar-refractivity contribution in [1.82, 2.24) is 0 Å². The molecule has 0 heterocycles. The molecule has 0 saturated heterocycles. The van der Waals surface area contributed by atoms with Gasteiger partial charge in [0.15, 0.2) is 0 Å². The maximum atomic E-state index is 5.73. The molecule has 0 N–H and O–H groups in total. The summed E-state index contributed by atoms with van der Waals surface area (Å²) in [4.78, 5) is 1.98. The van der Waals surface area contributed by atoms with E-state index in [9.17, 15) is 0 Å². The summed E-state index contributed by atoms with van der Waals surface area (Å²) in [6.45, 7) is 0.613. The molecule has 1 aromatic carbocycles. The summed E-state index contributed by atoms with van der Waals surface area (Å²) in [5, 5.41) is 0.743. The van der Waals surface area contributed by atoms with Crippen LogP contribution in [0.5, 0.6) is 0 Å². The fourth-order valence-electron chi connectivity index (χ4n) is 0.924. The van der Waals surface area contributed by atoms with Crippen LogP contribution in [-0.2, 0) is 0 Å². The number of terminal acetylenes is 1. The van der Waals surface area contributed by atoms with E-state index in [4.69, 9.17) is 18.0 Å². The monoisotopic (exact) mass is 179 g/mol. The molecule has 0 amide bonds. The minimum atomic E-state index is 0.613. The molecule has 2 heteroatoms. The zero-order valence-electron chi connectivity index (χ0n) is 6.92. The lowest BCUT2D eigenvalue weighted by atomic mass is 10.3. The number of hydrogen-bond donors (Lipinski definition) is 0.